The fraction of sp³-hybridized carbons (Fsp3) is 0.500. The lowest BCUT2D eigenvalue weighted by Gasteiger charge is -2.32. The van der Waals surface area contributed by atoms with Gasteiger partial charge in [-0.2, -0.15) is 0 Å². The fourth-order valence-electron chi connectivity index (χ4n) is 3.11. The van der Waals surface area contributed by atoms with Gasteiger partial charge in [0.1, 0.15) is 6.04 Å². The van der Waals surface area contributed by atoms with Gasteiger partial charge in [-0.1, -0.05) is 0 Å². The third kappa shape index (κ3) is 2.98. The van der Waals surface area contributed by atoms with E-state index in [0.29, 0.717) is 45.2 Å². The number of rotatable bonds is 2. The highest BCUT2D eigenvalue weighted by Gasteiger charge is 2.38. The van der Waals surface area contributed by atoms with Gasteiger partial charge in [-0.15, -0.1) is 0 Å². The highest BCUT2D eigenvalue weighted by atomic mass is 19.2. The van der Waals surface area contributed by atoms with Crippen molar-refractivity contribution in [2.24, 2.45) is 0 Å². The Morgan fingerprint density at radius 3 is 2.46 bits per heavy atom. The van der Waals surface area contributed by atoms with Crippen LogP contribution >= 0.6 is 0 Å². The number of ether oxygens (including phenoxy) is 1. The molecule has 1 atom stereocenters. The molecule has 2 amide bonds. The van der Waals surface area contributed by atoms with Crippen LogP contribution in [-0.4, -0.2) is 60.5 Å². The number of halogens is 3. The van der Waals surface area contributed by atoms with Gasteiger partial charge in [0.2, 0.25) is 5.91 Å². The van der Waals surface area contributed by atoms with E-state index in [2.05, 4.69) is 0 Å². The summed E-state index contributed by atoms with van der Waals surface area (Å²) in [5.41, 5.74) is -0.560. The molecule has 0 aliphatic carbocycles. The lowest BCUT2D eigenvalue weighted by molar-refractivity contribution is -0.139. The van der Waals surface area contributed by atoms with E-state index in [1.807, 2.05) is 0 Å². The van der Waals surface area contributed by atoms with E-state index in [9.17, 15) is 22.8 Å². The Bertz CT molecular complexity index is 662. The molecule has 0 radical (unpaired) electrons. The summed E-state index contributed by atoms with van der Waals surface area (Å²) in [6, 6.07) is 0.911. The molecule has 0 bridgehead atoms. The number of morpholine rings is 1. The maximum absolute atomic E-state index is 13.9. The molecule has 2 fully saturated rings. The topological polar surface area (TPSA) is 49.9 Å². The van der Waals surface area contributed by atoms with Crippen molar-refractivity contribution in [2.75, 3.05) is 32.8 Å². The zero-order valence-corrected chi connectivity index (χ0v) is 12.9. The van der Waals surface area contributed by atoms with Gasteiger partial charge in [0.05, 0.1) is 18.8 Å². The second kappa shape index (κ2) is 6.80. The van der Waals surface area contributed by atoms with Crippen LogP contribution in [0, 0.1) is 17.5 Å². The van der Waals surface area contributed by atoms with Gasteiger partial charge in [0.25, 0.3) is 5.91 Å². The maximum Gasteiger partial charge on any atom is 0.257 e. The normalized spacial score (nSPS) is 21.2. The molecular weight excluding hydrogens is 325 g/mol. The van der Waals surface area contributed by atoms with Crippen LogP contribution in [0.3, 0.4) is 0 Å². The zero-order chi connectivity index (χ0) is 17.3. The van der Waals surface area contributed by atoms with Gasteiger partial charge in [-0.05, 0) is 25.0 Å². The van der Waals surface area contributed by atoms with Gasteiger partial charge in [-0.3, -0.25) is 9.59 Å². The van der Waals surface area contributed by atoms with Crippen LogP contribution in [0.4, 0.5) is 13.2 Å². The molecule has 2 aliphatic heterocycles. The Hall–Kier alpha value is -2.09. The number of carbonyl (C=O) groups excluding carboxylic acids is 2. The average molecular weight is 342 g/mol. The van der Waals surface area contributed by atoms with Gasteiger partial charge >= 0.3 is 0 Å². The molecule has 2 aliphatic rings. The molecule has 5 nitrogen and oxygen atoms in total. The highest BCUT2D eigenvalue weighted by Crippen LogP contribution is 2.24. The van der Waals surface area contributed by atoms with Crippen molar-refractivity contribution in [3.8, 4) is 0 Å². The first-order valence-electron chi connectivity index (χ1n) is 7.81. The van der Waals surface area contributed by atoms with Crippen molar-refractivity contribution in [3.05, 3.63) is 35.1 Å². The lowest BCUT2D eigenvalue weighted by atomic mass is 10.1. The number of carbonyl (C=O) groups is 2. The predicted octanol–water partition coefficient (Wildman–Crippen LogP) is 1.57. The maximum atomic E-state index is 13.9. The quantitative estimate of drug-likeness (QED) is 0.767. The van der Waals surface area contributed by atoms with E-state index in [0.717, 1.165) is 6.07 Å². The zero-order valence-electron chi connectivity index (χ0n) is 12.9. The Kier molecular flexibility index (Phi) is 4.75. The molecule has 0 aromatic heterocycles. The van der Waals surface area contributed by atoms with E-state index < -0.39 is 35.0 Å². The minimum Gasteiger partial charge on any atom is -0.378 e. The van der Waals surface area contributed by atoms with Gasteiger partial charge < -0.3 is 14.5 Å². The van der Waals surface area contributed by atoms with E-state index >= 15 is 0 Å². The van der Waals surface area contributed by atoms with Crippen molar-refractivity contribution < 1.29 is 27.5 Å². The van der Waals surface area contributed by atoms with Crippen LogP contribution in [-0.2, 0) is 9.53 Å². The van der Waals surface area contributed by atoms with Gasteiger partial charge in [-0.25, -0.2) is 13.2 Å². The first-order valence-corrected chi connectivity index (χ1v) is 7.81. The molecule has 3 rings (SSSR count). The SMILES string of the molecule is O=C([C@@H]1CCCN1C(=O)c1ccc(F)c(F)c1F)N1CCOCC1. The molecule has 0 saturated carbocycles. The Balaban J connectivity index is 1.81. The highest BCUT2D eigenvalue weighted by molar-refractivity contribution is 5.98. The summed E-state index contributed by atoms with van der Waals surface area (Å²) >= 11 is 0. The van der Waals surface area contributed by atoms with Crippen LogP contribution in [0.1, 0.15) is 23.2 Å². The first kappa shape index (κ1) is 16.8. The molecule has 1 aromatic carbocycles. The molecule has 24 heavy (non-hydrogen) atoms. The van der Waals surface area contributed by atoms with Crippen molar-refractivity contribution >= 4 is 11.8 Å². The smallest absolute Gasteiger partial charge is 0.257 e. The summed E-state index contributed by atoms with van der Waals surface area (Å²) in [5.74, 6) is -5.57. The van der Waals surface area contributed by atoms with E-state index in [-0.39, 0.29) is 12.5 Å². The van der Waals surface area contributed by atoms with Gasteiger partial charge in [0.15, 0.2) is 17.5 Å². The number of hydrogen-bond acceptors (Lipinski definition) is 3. The molecule has 1 aromatic rings. The number of nitrogens with zero attached hydrogens (tertiary/aromatic N) is 2. The summed E-state index contributed by atoms with van der Waals surface area (Å²) in [7, 11) is 0. The lowest BCUT2D eigenvalue weighted by Crippen LogP contribution is -2.51. The standard InChI is InChI=1S/C16H17F3N2O3/c17-11-4-3-10(13(18)14(11)19)15(22)21-5-1-2-12(21)16(23)20-6-8-24-9-7-20/h3-4,12H,1-2,5-9H2/t12-/m0/s1. The minimum absolute atomic E-state index is 0.216. The summed E-state index contributed by atoms with van der Waals surface area (Å²) in [4.78, 5) is 28.0. The van der Waals surface area contributed by atoms with Crippen LogP contribution in [0.2, 0.25) is 0 Å². The van der Waals surface area contributed by atoms with Gasteiger partial charge in [0, 0.05) is 19.6 Å². The number of amides is 2. The third-order valence-corrected chi connectivity index (χ3v) is 4.39. The summed E-state index contributed by atoms with van der Waals surface area (Å²) in [6.07, 6.45) is 1.06. The predicted molar refractivity (Wildman–Crippen MR) is 77.8 cm³/mol. The molecule has 0 unspecified atom stereocenters. The largest absolute Gasteiger partial charge is 0.378 e. The number of hydrogen-bond donors (Lipinski definition) is 0. The molecule has 2 saturated heterocycles. The molecule has 2 heterocycles. The second-order valence-electron chi connectivity index (χ2n) is 5.82. The van der Waals surface area contributed by atoms with E-state index in [1.54, 1.807) is 4.90 Å². The Labute approximate surface area is 137 Å². The monoisotopic (exact) mass is 342 g/mol. The molecule has 0 N–H and O–H groups in total. The summed E-state index contributed by atoms with van der Waals surface area (Å²) in [5, 5.41) is 0. The number of likely N-dealkylation sites (tertiary alicyclic amines) is 1. The first-order chi connectivity index (χ1) is 11.5. The molecule has 8 heteroatoms. The third-order valence-electron chi connectivity index (χ3n) is 4.39. The molecular formula is C16H17F3N2O3. The Morgan fingerprint density at radius 1 is 1.04 bits per heavy atom. The Morgan fingerprint density at radius 2 is 1.75 bits per heavy atom. The van der Waals surface area contributed by atoms with E-state index in [4.69, 9.17) is 4.74 Å². The summed E-state index contributed by atoms with van der Waals surface area (Å²) < 4.78 is 45.5. The molecule has 130 valence electrons. The molecule has 0 spiro atoms. The van der Waals surface area contributed by atoms with Crippen LogP contribution in [0.25, 0.3) is 0 Å². The van der Waals surface area contributed by atoms with Crippen molar-refractivity contribution in [3.63, 3.8) is 0 Å². The van der Waals surface area contributed by atoms with Crippen molar-refractivity contribution in [2.45, 2.75) is 18.9 Å². The van der Waals surface area contributed by atoms with E-state index in [1.165, 1.54) is 4.90 Å². The van der Waals surface area contributed by atoms with Crippen LogP contribution in [0.15, 0.2) is 12.1 Å². The summed E-state index contributed by atoms with van der Waals surface area (Å²) in [6.45, 7) is 2.03. The van der Waals surface area contributed by atoms with Crippen molar-refractivity contribution in [1.29, 1.82) is 0 Å². The number of benzene rings is 1. The fourth-order valence-corrected chi connectivity index (χ4v) is 3.11. The van der Waals surface area contributed by atoms with Crippen LogP contribution < -0.4 is 0 Å². The van der Waals surface area contributed by atoms with Crippen molar-refractivity contribution in [1.82, 2.24) is 9.80 Å². The second-order valence-corrected chi connectivity index (χ2v) is 5.82. The average Bonchev–Trinajstić information content (AvgIpc) is 3.09. The minimum atomic E-state index is -1.68. The van der Waals surface area contributed by atoms with Crippen LogP contribution in [0.5, 0.6) is 0 Å².